The number of benzene rings is 1. The summed E-state index contributed by atoms with van der Waals surface area (Å²) in [7, 11) is 0. The van der Waals surface area contributed by atoms with Crippen molar-refractivity contribution in [3.8, 4) is 5.75 Å². The van der Waals surface area contributed by atoms with Crippen LogP contribution in [0.1, 0.15) is 40.5 Å². The number of halogens is 2. The van der Waals surface area contributed by atoms with Crippen molar-refractivity contribution >= 4 is 36.4 Å². The fraction of sp³-hybridized carbons (Fsp3) is 0.320. The molecule has 0 bridgehead atoms. The SMILES string of the molecule is Cc1ccn(C2CCNCC2)c(=O)c1C(=O)Nc1ccc(OCCc2ccccn2)cc1.Cl.Cl. The number of pyridine rings is 2. The summed E-state index contributed by atoms with van der Waals surface area (Å²) >= 11 is 0. The molecule has 34 heavy (non-hydrogen) atoms. The Balaban J connectivity index is 0.00000204. The Morgan fingerprint density at radius 3 is 2.53 bits per heavy atom. The van der Waals surface area contributed by atoms with E-state index in [1.54, 1.807) is 42.0 Å². The number of piperidine rings is 1. The number of nitrogens with zero attached hydrogens (tertiary/aromatic N) is 2. The van der Waals surface area contributed by atoms with E-state index >= 15 is 0 Å². The third-order valence-corrected chi connectivity index (χ3v) is 5.72. The highest BCUT2D eigenvalue weighted by Gasteiger charge is 2.21. The maximum Gasteiger partial charge on any atom is 0.263 e. The summed E-state index contributed by atoms with van der Waals surface area (Å²) in [5.41, 5.74) is 2.23. The lowest BCUT2D eigenvalue weighted by molar-refractivity contribution is 0.102. The zero-order valence-corrected chi connectivity index (χ0v) is 20.7. The number of rotatable bonds is 7. The van der Waals surface area contributed by atoms with Gasteiger partial charge in [-0.05, 0) is 80.9 Å². The summed E-state index contributed by atoms with van der Waals surface area (Å²) in [6.45, 7) is 4.06. The first-order chi connectivity index (χ1) is 15.6. The van der Waals surface area contributed by atoms with E-state index in [-0.39, 0.29) is 47.9 Å². The topological polar surface area (TPSA) is 85.2 Å². The van der Waals surface area contributed by atoms with Crippen LogP contribution in [0.15, 0.2) is 65.7 Å². The average molecular weight is 505 g/mol. The Morgan fingerprint density at radius 1 is 1.12 bits per heavy atom. The molecular weight excluding hydrogens is 475 g/mol. The van der Waals surface area contributed by atoms with Crippen LogP contribution >= 0.6 is 24.8 Å². The van der Waals surface area contributed by atoms with Gasteiger partial charge >= 0.3 is 0 Å². The van der Waals surface area contributed by atoms with Gasteiger partial charge in [-0.3, -0.25) is 14.6 Å². The first kappa shape index (κ1) is 27.4. The second-order valence-electron chi connectivity index (χ2n) is 7.97. The van der Waals surface area contributed by atoms with Crippen molar-refractivity contribution in [3.05, 3.63) is 88.1 Å². The second-order valence-corrected chi connectivity index (χ2v) is 7.97. The van der Waals surface area contributed by atoms with Gasteiger partial charge in [0, 0.05) is 36.2 Å². The van der Waals surface area contributed by atoms with E-state index in [4.69, 9.17) is 4.74 Å². The van der Waals surface area contributed by atoms with Gasteiger partial charge in [-0.2, -0.15) is 0 Å². The molecule has 3 aromatic rings. The van der Waals surface area contributed by atoms with Crippen molar-refractivity contribution in [2.24, 2.45) is 0 Å². The van der Waals surface area contributed by atoms with Crippen molar-refractivity contribution in [2.45, 2.75) is 32.2 Å². The molecule has 9 heteroatoms. The van der Waals surface area contributed by atoms with Crippen molar-refractivity contribution in [1.29, 1.82) is 0 Å². The van der Waals surface area contributed by atoms with Crippen LogP contribution in [0, 0.1) is 6.92 Å². The molecule has 2 aromatic heterocycles. The standard InChI is InChI=1S/C25H28N4O3.2ClH/c1-18-11-16-29(21-9-14-26-15-10-21)25(31)23(18)24(30)28-20-5-7-22(8-6-20)32-17-12-19-4-2-3-13-27-19;;/h2-8,11,13,16,21,26H,9-10,12,14-15,17H2,1H3,(H,28,30);2*1H. The van der Waals surface area contributed by atoms with Crippen LogP contribution in [-0.2, 0) is 6.42 Å². The number of nitrogens with one attached hydrogen (secondary N) is 2. The van der Waals surface area contributed by atoms with Gasteiger partial charge in [0.2, 0.25) is 0 Å². The van der Waals surface area contributed by atoms with E-state index in [1.165, 1.54) is 0 Å². The van der Waals surface area contributed by atoms with Crippen LogP contribution in [-0.4, -0.2) is 35.2 Å². The summed E-state index contributed by atoms with van der Waals surface area (Å²) in [6, 6.07) is 14.9. The molecule has 1 fully saturated rings. The minimum absolute atomic E-state index is 0. The molecule has 1 aliphatic rings. The molecule has 1 aromatic carbocycles. The Hall–Kier alpha value is -2.87. The first-order valence-corrected chi connectivity index (χ1v) is 11.0. The van der Waals surface area contributed by atoms with Crippen LogP contribution in [0.2, 0.25) is 0 Å². The number of anilines is 1. The van der Waals surface area contributed by atoms with Gasteiger partial charge in [-0.1, -0.05) is 6.07 Å². The Kier molecular flexibility index (Phi) is 10.6. The van der Waals surface area contributed by atoms with Gasteiger partial charge < -0.3 is 19.9 Å². The molecule has 0 atom stereocenters. The van der Waals surface area contributed by atoms with Gasteiger partial charge in [0.25, 0.3) is 11.5 Å². The number of aryl methyl sites for hydroxylation is 1. The van der Waals surface area contributed by atoms with Gasteiger partial charge in [-0.15, -0.1) is 24.8 Å². The fourth-order valence-corrected chi connectivity index (χ4v) is 3.94. The minimum Gasteiger partial charge on any atom is -0.493 e. The number of ether oxygens (including phenoxy) is 1. The molecule has 1 saturated heterocycles. The van der Waals surface area contributed by atoms with Gasteiger partial charge in [0.05, 0.1) is 6.61 Å². The second kappa shape index (κ2) is 13.1. The van der Waals surface area contributed by atoms with E-state index in [0.29, 0.717) is 23.6 Å². The van der Waals surface area contributed by atoms with Crippen molar-refractivity contribution < 1.29 is 9.53 Å². The lowest BCUT2D eigenvalue weighted by Crippen LogP contribution is -2.37. The smallest absolute Gasteiger partial charge is 0.263 e. The lowest BCUT2D eigenvalue weighted by atomic mass is 10.0. The summed E-state index contributed by atoms with van der Waals surface area (Å²) in [4.78, 5) is 30.3. The molecule has 1 amide bonds. The molecule has 182 valence electrons. The van der Waals surface area contributed by atoms with Crippen LogP contribution in [0.4, 0.5) is 5.69 Å². The Labute approximate surface area is 211 Å². The fourth-order valence-electron chi connectivity index (χ4n) is 3.94. The molecular formula is C25H30Cl2N4O3. The maximum atomic E-state index is 13.1. The molecule has 0 radical (unpaired) electrons. The first-order valence-electron chi connectivity index (χ1n) is 11.0. The molecule has 0 saturated carbocycles. The summed E-state index contributed by atoms with van der Waals surface area (Å²) < 4.78 is 7.47. The lowest BCUT2D eigenvalue weighted by Gasteiger charge is -2.25. The van der Waals surface area contributed by atoms with Crippen LogP contribution in [0.3, 0.4) is 0 Å². The van der Waals surface area contributed by atoms with Gasteiger partial charge in [-0.25, -0.2) is 0 Å². The minimum atomic E-state index is -0.389. The molecule has 3 heterocycles. The predicted molar refractivity (Wildman–Crippen MR) is 139 cm³/mol. The number of carbonyl (C=O) groups is 1. The zero-order chi connectivity index (χ0) is 22.3. The quantitative estimate of drug-likeness (QED) is 0.503. The molecule has 2 N–H and O–H groups in total. The summed E-state index contributed by atoms with van der Waals surface area (Å²) in [6.07, 6.45) is 6.05. The van der Waals surface area contributed by atoms with Crippen LogP contribution in [0.25, 0.3) is 0 Å². The van der Waals surface area contributed by atoms with Crippen molar-refractivity contribution in [3.63, 3.8) is 0 Å². The van der Waals surface area contributed by atoms with E-state index in [2.05, 4.69) is 15.6 Å². The molecule has 0 unspecified atom stereocenters. The van der Waals surface area contributed by atoms with Gasteiger partial charge in [0.1, 0.15) is 11.3 Å². The Bertz CT molecular complexity index is 1120. The monoisotopic (exact) mass is 504 g/mol. The normalized spacial score (nSPS) is 13.3. The van der Waals surface area contributed by atoms with Crippen molar-refractivity contribution in [2.75, 3.05) is 25.0 Å². The molecule has 0 aliphatic carbocycles. The van der Waals surface area contributed by atoms with E-state index in [9.17, 15) is 9.59 Å². The molecule has 0 spiro atoms. The summed E-state index contributed by atoms with van der Waals surface area (Å²) in [5, 5.41) is 6.15. The maximum absolute atomic E-state index is 13.1. The van der Waals surface area contributed by atoms with E-state index in [0.717, 1.165) is 38.0 Å². The zero-order valence-electron chi connectivity index (χ0n) is 19.0. The molecule has 7 nitrogen and oxygen atoms in total. The summed E-state index contributed by atoms with van der Waals surface area (Å²) in [5.74, 6) is 0.322. The van der Waals surface area contributed by atoms with E-state index < -0.39 is 0 Å². The highest BCUT2D eigenvalue weighted by atomic mass is 35.5. The predicted octanol–water partition coefficient (Wildman–Crippen LogP) is 4.19. The van der Waals surface area contributed by atoms with Crippen LogP contribution in [0.5, 0.6) is 5.75 Å². The molecule has 1 aliphatic heterocycles. The molecule has 4 rings (SSSR count). The number of hydrogen-bond acceptors (Lipinski definition) is 5. The van der Waals surface area contributed by atoms with Gasteiger partial charge in [0.15, 0.2) is 0 Å². The van der Waals surface area contributed by atoms with Crippen molar-refractivity contribution in [1.82, 2.24) is 14.9 Å². The van der Waals surface area contributed by atoms with E-state index in [1.807, 2.05) is 30.5 Å². The third kappa shape index (κ3) is 6.82. The van der Waals surface area contributed by atoms with Crippen LogP contribution < -0.4 is 20.9 Å². The largest absolute Gasteiger partial charge is 0.493 e. The number of amides is 1. The highest BCUT2D eigenvalue weighted by molar-refractivity contribution is 6.05. The highest BCUT2D eigenvalue weighted by Crippen LogP contribution is 2.19. The average Bonchev–Trinajstić information content (AvgIpc) is 2.82. The number of aromatic nitrogens is 2. The number of carbonyl (C=O) groups excluding carboxylic acids is 1. The Morgan fingerprint density at radius 2 is 1.85 bits per heavy atom. The third-order valence-electron chi connectivity index (χ3n) is 5.72. The number of hydrogen-bond donors (Lipinski definition) is 2.